The molecule has 0 spiro atoms. The summed E-state index contributed by atoms with van der Waals surface area (Å²) in [6, 6.07) is 12.6. The third-order valence-corrected chi connectivity index (χ3v) is 2.48. The van der Waals surface area contributed by atoms with E-state index >= 15 is 0 Å². The Morgan fingerprint density at radius 3 is 2.53 bits per heavy atom. The lowest BCUT2D eigenvalue weighted by molar-refractivity contribution is 0.572. The lowest BCUT2D eigenvalue weighted by Gasteiger charge is -2.05. The van der Waals surface area contributed by atoms with E-state index < -0.39 is 11.6 Å². The van der Waals surface area contributed by atoms with Gasteiger partial charge in [-0.2, -0.15) is 0 Å². The number of aliphatic imine (C=N–C) groups is 1. The van der Waals surface area contributed by atoms with Crippen molar-refractivity contribution in [2.75, 3.05) is 5.32 Å². The number of para-hydroxylation sites is 1. The van der Waals surface area contributed by atoms with Gasteiger partial charge in [0.25, 0.3) is 0 Å². The van der Waals surface area contributed by atoms with Crippen LogP contribution < -0.4 is 11.1 Å². The molecule has 19 heavy (non-hydrogen) atoms. The first-order chi connectivity index (χ1) is 9.15. The SMILES string of the molecule is NC(=NCc1ccc(F)cc1F)Nc1ccccc1. The van der Waals surface area contributed by atoms with Crippen LogP contribution in [0.2, 0.25) is 0 Å². The second-order valence-electron chi connectivity index (χ2n) is 3.93. The van der Waals surface area contributed by atoms with Crippen LogP contribution in [-0.4, -0.2) is 5.96 Å². The minimum Gasteiger partial charge on any atom is -0.370 e. The van der Waals surface area contributed by atoms with E-state index in [1.807, 2.05) is 30.3 Å². The summed E-state index contributed by atoms with van der Waals surface area (Å²) in [6.45, 7) is 0.0534. The maximum Gasteiger partial charge on any atom is 0.193 e. The molecule has 3 N–H and O–H groups in total. The van der Waals surface area contributed by atoms with Crippen LogP contribution in [0, 0.1) is 11.6 Å². The molecule has 2 aromatic carbocycles. The first kappa shape index (κ1) is 13.0. The normalized spacial score (nSPS) is 11.4. The van der Waals surface area contributed by atoms with Gasteiger partial charge in [-0.25, -0.2) is 13.8 Å². The highest BCUT2D eigenvalue weighted by Crippen LogP contribution is 2.10. The summed E-state index contributed by atoms with van der Waals surface area (Å²) in [5, 5.41) is 2.87. The van der Waals surface area contributed by atoms with E-state index in [-0.39, 0.29) is 12.5 Å². The molecule has 0 fully saturated rings. The number of rotatable bonds is 3. The molecule has 2 aromatic rings. The van der Waals surface area contributed by atoms with Crippen molar-refractivity contribution in [3.63, 3.8) is 0 Å². The van der Waals surface area contributed by atoms with Crippen molar-refractivity contribution in [1.29, 1.82) is 0 Å². The highest BCUT2D eigenvalue weighted by Gasteiger charge is 2.03. The number of benzene rings is 2. The Balaban J connectivity index is 2.02. The standard InChI is InChI=1S/C14H13F2N3/c15-11-7-6-10(13(16)8-11)9-18-14(17)19-12-4-2-1-3-5-12/h1-8H,9H2,(H3,17,18,19). The molecule has 0 aliphatic rings. The zero-order chi connectivity index (χ0) is 13.7. The number of nitrogens with two attached hydrogens (primary N) is 1. The maximum absolute atomic E-state index is 13.4. The topological polar surface area (TPSA) is 50.4 Å². The lowest BCUT2D eigenvalue weighted by atomic mass is 10.2. The number of anilines is 1. The molecule has 0 atom stereocenters. The van der Waals surface area contributed by atoms with E-state index in [4.69, 9.17) is 5.73 Å². The van der Waals surface area contributed by atoms with Crippen molar-refractivity contribution in [2.24, 2.45) is 10.7 Å². The molecule has 0 aliphatic carbocycles. The molecule has 0 aromatic heterocycles. The summed E-state index contributed by atoms with van der Waals surface area (Å²) < 4.78 is 26.1. The predicted octanol–water partition coefficient (Wildman–Crippen LogP) is 2.89. The smallest absolute Gasteiger partial charge is 0.193 e. The van der Waals surface area contributed by atoms with Gasteiger partial charge in [-0.3, -0.25) is 0 Å². The summed E-state index contributed by atoms with van der Waals surface area (Å²) in [6.07, 6.45) is 0. The fourth-order valence-corrected chi connectivity index (χ4v) is 1.53. The van der Waals surface area contributed by atoms with Gasteiger partial charge in [-0.1, -0.05) is 24.3 Å². The minimum absolute atomic E-state index is 0.0534. The molecule has 0 bridgehead atoms. The van der Waals surface area contributed by atoms with Crippen LogP contribution >= 0.6 is 0 Å². The van der Waals surface area contributed by atoms with Gasteiger partial charge in [0.1, 0.15) is 11.6 Å². The van der Waals surface area contributed by atoms with Gasteiger partial charge in [-0.05, 0) is 18.2 Å². The van der Waals surface area contributed by atoms with Crippen LogP contribution in [0.3, 0.4) is 0 Å². The Bertz CT molecular complexity index is 582. The fourth-order valence-electron chi connectivity index (χ4n) is 1.53. The number of nitrogens with one attached hydrogen (secondary N) is 1. The average molecular weight is 261 g/mol. The van der Waals surface area contributed by atoms with E-state index in [9.17, 15) is 8.78 Å². The monoisotopic (exact) mass is 261 g/mol. The summed E-state index contributed by atoms with van der Waals surface area (Å²) in [4.78, 5) is 4.00. The van der Waals surface area contributed by atoms with Crippen LogP contribution in [0.1, 0.15) is 5.56 Å². The fraction of sp³-hybridized carbons (Fsp3) is 0.0714. The van der Waals surface area contributed by atoms with Crippen LogP contribution in [0.5, 0.6) is 0 Å². The van der Waals surface area contributed by atoms with Gasteiger partial charge in [-0.15, -0.1) is 0 Å². The first-order valence-electron chi connectivity index (χ1n) is 5.71. The number of hydrogen-bond donors (Lipinski definition) is 2. The Labute approximate surface area is 109 Å². The second kappa shape index (κ2) is 5.95. The molecule has 3 nitrogen and oxygen atoms in total. The second-order valence-corrected chi connectivity index (χ2v) is 3.93. The summed E-state index contributed by atoms with van der Waals surface area (Å²) in [5.41, 5.74) is 6.76. The zero-order valence-corrected chi connectivity index (χ0v) is 10.1. The molecular weight excluding hydrogens is 248 g/mol. The average Bonchev–Trinajstić information content (AvgIpc) is 2.39. The van der Waals surface area contributed by atoms with E-state index in [0.29, 0.717) is 5.56 Å². The van der Waals surface area contributed by atoms with Crippen LogP contribution in [-0.2, 0) is 6.54 Å². The highest BCUT2D eigenvalue weighted by atomic mass is 19.1. The van der Waals surface area contributed by atoms with Gasteiger partial charge < -0.3 is 11.1 Å². The van der Waals surface area contributed by atoms with E-state index in [2.05, 4.69) is 10.3 Å². The van der Waals surface area contributed by atoms with Crippen LogP contribution in [0.15, 0.2) is 53.5 Å². The number of halogens is 2. The molecule has 0 aliphatic heterocycles. The number of nitrogens with zero attached hydrogens (tertiary/aromatic N) is 1. The van der Waals surface area contributed by atoms with Gasteiger partial charge in [0.2, 0.25) is 0 Å². The minimum atomic E-state index is -0.628. The van der Waals surface area contributed by atoms with Crippen molar-refractivity contribution >= 4 is 11.6 Å². The van der Waals surface area contributed by atoms with Crippen LogP contribution in [0.25, 0.3) is 0 Å². The molecule has 0 unspecified atom stereocenters. The molecule has 5 heteroatoms. The van der Waals surface area contributed by atoms with E-state index in [1.54, 1.807) is 0 Å². The van der Waals surface area contributed by atoms with Gasteiger partial charge in [0.15, 0.2) is 5.96 Å². The number of guanidine groups is 1. The predicted molar refractivity (Wildman–Crippen MR) is 71.7 cm³/mol. The Morgan fingerprint density at radius 1 is 1.11 bits per heavy atom. The molecule has 0 amide bonds. The maximum atomic E-state index is 13.4. The van der Waals surface area contributed by atoms with Crippen molar-refractivity contribution in [1.82, 2.24) is 0 Å². The van der Waals surface area contributed by atoms with E-state index in [1.165, 1.54) is 12.1 Å². The third kappa shape index (κ3) is 3.77. The van der Waals surface area contributed by atoms with Crippen LogP contribution in [0.4, 0.5) is 14.5 Å². The molecular formula is C14H13F2N3. The summed E-state index contributed by atoms with van der Waals surface area (Å²) >= 11 is 0. The zero-order valence-electron chi connectivity index (χ0n) is 10.1. The molecule has 98 valence electrons. The van der Waals surface area contributed by atoms with Crippen molar-refractivity contribution in [3.8, 4) is 0 Å². The quantitative estimate of drug-likeness (QED) is 0.659. The first-order valence-corrected chi connectivity index (χ1v) is 5.71. The summed E-state index contributed by atoms with van der Waals surface area (Å²) in [5.74, 6) is -1.06. The van der Waals surface area contributed by atoms with Crippen molar-refractivity contribution < 1.29 is 8.78 Å². The molecule has 0 heterocycles. The van der Waals surface area contributed by atoms with E-state index in [0.717, 1.165) is 11.8 Å². The van der Waals surface area contributed by atoms with Gasteiger partial charge >= 0.3 is 0 Å². The Morgan fingerprint density at radius 2 is 1.84 bits per heavy atom. The molecule has 2 rings (SSSR count). The van der Waals surface area contributed by atoms with Gasteiger partial charge in [0, 0.05) is 17.3 Å². The highest BCUT2D eigenvalue weighted by molar-refractivity contribution is 5.92. The number of hydrogen-bond acceptors (Lipinski definition) is 1. The largest absolute Gasteiger partial charge is 0.370 e. The summed E-state index contributed by atoms with van der Waals surface area (Å²) in [7, 11) is 0. The Kier molecular flexibility index (Phi) is 4.07. The molecule has 0 saturated heterocycles. The lowest BCUT2D eigenvalue weighted by Crippen LogP contribution is -2.22. The molecule has 0 saturated carbocycles. The third-order valence-electron chi connectivity index (χ3n) is 2.48. The Hall–Kier alpha value is -2.43. The molecule has 0 radical (unpaired) electrons. The van der Waals surface area contributed by atoms with Gasteiger partial charge in [0.05, 0.1) is 6.54 Å². The van der Waals surface area contributed by atoms with Crippen molar-refractivity contribution in [2.45, 2.75) is 6.54 Å². The van der Waals surface area contributed by atoms with Crippen molar-refractivity contribution in [3.05, 3.63) is 65.7 Å².